The van der Waals surface area contributed by atoms with Gasteiger partial charge in [0.05, 0.1) is 13.2 Å². The lowest BCUT2D eigenvalue weighted by atomic mass is 10.0. The lowest BCUT2D eigenvalue weighted by Crippen LogP contribution is -2.40. The Kier molecular flexibility index (Phi) is 8.71. The minimum atomic E-state index is -0.0852. The molecule has 162 valence electrons. The van der Waals surface area contributed by atoms with Crippen LogP contribution in [0.2, 0.25) is 0 Å². The van der Waals surface area contributed by atoms with Gasteiger partial charge >= 0.3 is 0 Å². The van der Waals surface area contributed by atoms with Crippen LogP contribution in [0, 0.1) is 0 Å². The van der Waals surface area contributed by atoms with Crippen molar-refractivity contribution in [2.24, 2.45) is 0 Å². The van der Waals surface area contributed by atoms with Crippen molar-refractivity contribution in [1.82, 2.24) is 15.5 Å². The monoisotopic (exact) mass is 429 g/mol. The second kappa shape index (κ2) is 11.7. The van der Waals surface area contributed by atoms with E-state index in [2.05, 4.69) is 21.6 Å². The molecule has 1 atom stereocenters. The molecule has 1 aliphatic rings. The van der Waals surface area contributed by atoms with E-state index in [1.807, 2.05) is 29.0 Å². The van der Waals surface area contributed by atoms with E-state index in [0.29, 0.717) is 31.5 Å². The average Bonchev–Trinajstić information content (AvgIpc) is 3.33. The Morgan fingerprint density at radius 3 is 2.67 bits per heavy atom. The molecule has 1 unspecified atom stereocenters. The summed E-state index contributed by atoms with van der Waals surface area (Å²) < 4.78 is 5.58. The van der Waals surface area contributed by atoms with Gasteiger partial charge < -0.3 is 15.4 Å². The molecule has 0 radical (unpaired) electrons. The van der Waals surface area contributed by atoms with Crippen molar-refractivity contribution < 1.29 is 14.3 Å². The molecule has 2 N–H and O–H groups in total. The van der Waals surface area contributed by atoms with Crippen LogP contribution in [-0.2, 0) is 4.79 Å². The van der Waals surface area contributed by atoms with Crippen LogP contribution >= 0.6 is 11.3 Å². The fraction of sp³-hybridized carbons (Fsp3) is 0.478. The van der Waals surface area contributed by atoms with E-state index in [-0.39, 0.29) is 17.9 Å². The van der Waals surface area contributed by atoms with E-state index >= 15 is 0 Å². The van der Waals surface area contributed by atoms with Crippen LogP contribution in [0.3, 0.4) is 0 Å². The Balaban J connectivity index is 1.49. The molecule has 1 saturated heterocycles. The van der Waals surface area contributed by atoms with Crippen LogP contribution < -0.4 is 15.4 Å². The first kappa shape index (κ1) is 22.3. The normalized spacial score (nSPS) is 15.4. The maximum absolute atomic E-state index is 12.4. The van der Waals surface area contributed by atoms with Gasteiger partial charge in [-0.25, -0.2) is 0 Å². The number of carbonyl (C=O) groups is 2. The number of nitrogens with zero attached hydrogens (tertiary/aromatic N) is 1. The van der Waals surface area contributed by atoms with Crippen molar-refractivity contribution in [1.29, 1.82) is 0 Å². The molecule has 1 aromatic carbocycles. The highest BCUT2D eigenvalue weighted by molar-refractivity contribution is 7.08. The highest BCUT2D eigenvalue weighted by Crippen LogP contribution is 2.30. The molecule has 2 aromatic rings. The van der Waals surface area contributed by atoms with Crippen LogP contribution in [0.5, 0.6) is 5.75 Å². The van der Waals surface area contributed by atoms with Crippen molar-refractivity contribution in [2.45, 2.75) is 38.1 Å². The molecule has 7 heteroatoms. The number of amides is 2. The van der Waals surface area contributed by atoms with Gasteiger partial charge in [-0.3, -0.25) is 14.5 Å². The number of hydrogen-bond donors (Lipinski definition) is 2. The van der Waals surface area contributed by atoms with Crippen molar-refractivity contribution >= 4 is 23.2 Å². The maximum Gasteiger partial charge on any atom is 0.252 e. The third-order valence-corrected chi connectivity index (χ3v) is 6.15. The Bertz CT molecular complexity index is 804. The third-order valence-electron chi connectivity index (χ3n) is 5.47. The molecule has 2 heterocycles. The zero-order chi connectivity index (χ0) is 21.2. The predicted octanol–water partition coefficient (Wildman–Crippen LogP) is 3.61. The zero-order valence-corrected chi connectivity index (χ0v) is 18.4. The number of para-hydroxylation sites is 1. The van der Waals surface area contributed by atoms with Gasteiger partial charge in [-0.15, -0.1) is 0 Å². The number of ether oxygens (including phenoxy) is 1. The van der Waals surface area contributed by atoms with E-state index < -0.39 is 0 Å². The second-order valence-electron chi connectivity index (χ2n) is 7.53. The summed E-state index contributed by atoms with van der Waals surface area (Å²) in [6.45, 7) is 3.12. The number of nitrogens with one attached hydrogen (secondary N) is 2. The molecule has 0 aliphatic carbocycles. The molecule has 0 spiro atoms. The molecule has 1 aliphatic heterocycles. The molecule has 2 amide bonds. The quantitative estimate of drug-likeness (QED) is 0.566. The Morgan fingerprint density at radius 2 is 1.93 bits per heavy atom. The Hall–Kier alpha value is -2.38. The summed E-state index contributed by atoms with van der Waals surface area (Å²) in [5.74, 6) is 0.785. The maximum atomic E-state index is 12.4. The lowest BCUT2D eigenvalue weighted by molar-refractivity contribution is -0.121. The molecular formula is C23H31N3O3S. The number of thiophene rings is 1. The lowest BCUT2D eigenvalue weighted by Gasteiger charge is -2.35. The zero-order valence-electron chi connectivity index (χ0n) is 17.6. The van der Waals surface area contributed by atoms with E-state index in [4.69, 9.17) is 4.74 Å². The Labute approximate surface area is 182 Å². The molecule has 0 bridgehead atoms. The molecular weight excluding hydrogens is 398 g/mol. The molecule has 30 heavy (non-hydrogen) atoms. The van der Waals surface area contributed by atoms with Gasteiger partial charge in [-0.2, -0.15) is 11.3 Å². The van der Waals surface area contributed by atoms with Gasteiger partial charge in [0.15, 0.2) is 0 Å². The highest BCUT2D eigenvalue weighted by atomic mass is 32.1. The SMILES string of the molecule is COc1ccccc1C(CNC(=O)CCCNC(=O)c1ccsc1)N1CCCCC1. The van der Waals surface area contributed by atoms with E-state index in [1.165, 1.54) is 30.6 Å². The summed E-state index contributed by atoms with van der Waals surface area (Å²) >= 11 is 1.50. The summed E-state index contributed by atoms with van der Waals surface area (Å²) in [4.78, 5) is 26.8. The molecule has 1 fully saturated rings. The number of piperidine rings is 1. The van der Waals surface area contributed by atoms with Gasteiger partial charge in [0.2, 0.25) is 5.91 Å². The topological polar surface area (TPSA) is 70.7 Å². The third kappa shape index (κ3) is 6.31. The first-order valence-electron chi connectivity index (χ1n) is 10.6. The smallest absolute Gasteiger partial charge is 0.252 e. The van der Waals surface area contributed by atoms with Crippen molar-refractivity contribution in [3.63, 3.8) is 0 Å². The first-order valence-corrected chi connectivity index (χ1v) is 11.6. The van der Waals surface area contributed by atoms with E-state index in [9.17, 15) is 9.59 Å². The number of rotatable bonds is 10. The van der Waals surface area contributed by atoms with Gasteiger partial charge in [0, 0.05) is 36.0 Å². The first-order chi connectivity index (χ1) is 14.7. The van der Waals surface area contributed by atoms with Gasteiger partial charge in [0.1, 0.15) is 5.75 Å². The summed E-state index contributed by atoms with van der Waals surface area (Å²) in [6.07, 6.45) is 4.64. The van der Waals surface area contributed by atoms with Crippen molar-refractivity contribution in [2.75, 3.05) is 33.3 Å². The number of likely N-dealkylation sites (tertiary alicyclic amines) is 1. The molecule has 0 saturated carbocycles. The van der Waals surface area contributed by atoms with Crippen LogP contribution in [0.25, 0.3) is 0 Å². The summed E-state index contributed by atoms with van der Waals surface area (Å²) in [6, 6.07) is 9.95. The number of methoxy groups -OCH3 is 1. The minimum Gasteiger partial charge on any atom is -0.496 e. The molecule has 6 nitrogen and oxygen atoms in total. The van der Waals surface area contributed by atoms with Crippen molar-refractivity contribution in [3.05, 3.63) is 52.2 Å². The van der Waals surface area contributed by atoms with Crippen LogP contribution in [-0.4, -0.2) is 50.0 Å². The van der Waals surface area contributed by atoms with Gasteiger partial charge in [0.25, 0.3) is 5.91 Å². The van der Waals surface area contributed by atoms with Gasteiger partial charge in [-0.05, 0) is 49.9 Å². The second-order valence-corrected chi connectivity index (χ2v) is 8.31. The van der Waals surface area contributed by atoms with Crippen LogP contribution in [0.1, 0.15) is 54.1 Å². The minimum absolute atomic E-state index is 0.0108. The summed E-state index contributed by atoms with van der Waals surface area (Å²) in [7, 11) is 1.69. The number of hydrogen-bond acceptors (Lipinski definition) is 5. The van der Waals surface area contributed by atoms with Crippen LogP contribution in [0.15, 0.2) is 41.1 Å². The number of benzene rings is 1. The highest BCUT2D eigenvalue weighted by Gasteiger charge is 2.25. The van der Waals surface area contributed by atoms with Gasteiger partial charge in [-0.1, -0.05) is 24.6 Å². The summed E-state index contributed by atoms with van der Waals surface area (Å²) in [5.41, 5.74) is 1.79. The fourth-order valence-corrected chi connectivity index (χ4v) is 4.49. The van der Waals surface area contributed by atoms with Crippen LogP contribution in [0.4, 0.5) is 0 Å². The predicted molar refractivity (Wildman–Crippen MR) is 120 cm³/mol. The Morgan fingerprint density at radius 1 is 1.13 bits per heavy atom. The summed E-state index contributed by atoms with van der Waals surface area (Å²) in [5, 5.41) is 9.66. The molecule has 3 rings (SSSR count). The largest absolute Gasteiger partial charge is 0.496 e. The fourth-order valence-electron chi connectivity index (χ4n) is 3.85. The number of carbonyl (C=O) groups excluding carboxylic acids is 2. The van der Waals surface area contributed by atoms with E-state index in [0.717, 1.165) is 24.4 Å². The standard InChI is InChI=1S/C23H31N3O3S/c1-29-21-9-4-3-8-19(21)20(26-13-5-2-6-14-26)16-25-22(27)10-7-12-24-23(28)18-11-15-30-17-18/h3-4,8-9,11,15,17,20H,2,5-7,10,12-14,16H2,1H3,(H,24,28)(H,25,27). The van der Waals surface area contributed by atoms with Crippen molar-refractivity contribution in [3.8, 4) is 5.75 Å². The average molecular weight is 430 g/mol. The van der Waals surface area contributed by atoms with E-state index in [1.54, 1.807) is 13.2 Å². The molecule has 1 aromatic heterocycles.